The summed E-state index contributed by atoms with van der Waals surface area (Å²) in [5.41, 5.74) is -0.365. The topological polar surface area (TPSA) is 88.9 Å². The van der Waals surface area contributed by atoms with Crippen molar-refractivity contribution in [3.8, 4) is 0 Å². The van der Waals surface area contributed by atoms with Gasteiger partial charge in [0.25, 0.3) is 5.56 Å². The third kappa shape index (κ3) is 2.26. The molecule has 3 heterocycles. The van der Waals surface area contributed by atoms with Gasteiger partial charge in [0.05, 0.1) is 10.3 Å². The van der Waals surface area contributed by atoms with E-state index in [9.17, 15) is 14.9 Å². The number of fused-ring (bicyclic) bond motifs is 1. The van der Waals surface area contributed by atoms with Crippen LogP contribution in [0.1, 0.15) is 10.7 Å². The predicted molar refractivity (Wildman–Crippen MR) is 80.1 cm³/mol. The van der Waals surface area contributed by atoms with E-state index in [-0.39, 0.29) is 21.5 Å². The number of rotatable bonds is 3. The van der Waals surface area contributed by atoms with Crippen LogP contribution in [0.2, 0.25) is 0 Å². The van der Waals surface area contributed by atoms with Crippen molar-refractivity contribution in [1.29, 1.82) is 0 Å². The minimum Gasteiger partial charge on any atom is -0.306 e. The van der Waals surface area contributed by atoms with Crippen molar-refractivity contribution in [2.24, 2.45) is 0 Å². The first kappa shape index (κ1) is 12.7. The van der Waals surface area contributed by atoms with Gasteiger partial charge >= 0.3 is 5.69 Å². The Balaban J connectivity index is 2.11. The molecule has 0 radical (unpaired) electrons. The highest BCUT2D eigenvalue weighted by atomic mass is 32.1. The van der Waals surface area contributed by atoms with Gasteiger partial charge in [-0.25, -0.2) is 4.98 Å². The second kappa shape index (κ2) is 4.99. The standard InChI is InChI=1S/C12H7N3O3S2/c16-12-11-10(8(6-20-11)15(17)18)13-9(14-12)4-3-7-2-1-5-19-7/h1-6H,(H,13,14,16)/b4-3+. The van der Waals surface area contributed by atoms with E-state index in [0.29, 0.717) is 5.82 Å². The summed E-state index contributed by atoms with van der Waals surface area (Å²) in [4.78, 5) is 30.0. The van der Waals surface area contributed by atoms with E-state index in [1.165, 1.54) is 5.38 Å². The second-order valence-electron chi connectivity index (χ2n) is 3.86. The smallest absolute Gasteiger partial charge is 0.306 e. The van der Waals surface area contributed by atoms with Gasteiger partial charge in [-0.3, -0.25) is 14.9 Å². The average Bonchev–Trinajstić information content (AvgIpc) is 3.05. The zero-order valence-electron chi connectivity index (χ0n) is 9.90. The fourth-order valence-electron chi connectivity index (χ4n) is 1.69. The van der Waals surface area contributed by atoms with Crippen molar-refractivity contribution in [2.75, 3.05) is 0 Å². The van der Waals surface area contributed by atoms with E-state index in [1.807, 2.05) is 17.5 Å². The number of nitrogens with zero attached hydrogens (tertiary/aromatic N) is 2. The molecule has 3 aromatic heterocycles. The number of aromatic nitrogens is 2. The summed E-state index contributed by atoms with van der Waals surface area (Å²) in [5.74, 6) is 0.303. The molecule has 100 valence electrons. The first-order valence-corrected chi connectivity index (χ1v) is 7.28. The molecule has 20 heavy (non-hydrogen) atoms. The van der Waals surface area contributed by atoms with Crippen LogP contribution in [0, 0.1) is 10.1 Å². The number of hydrogen-bond donors (Lipinski definition) is 1. The summed E-state index contributed by atoms with van der Waals surface area (Å²) >= 11 is 2.57. The summed E-state index contributed by atoms with van der Waals surface area (Å²) in [6.45, 7) is 0. The van der Waals surface area contributed by atoms with Crippen LogP contribution in [0.5, 0.6) is 0 Å². The molecule has 0 atom stereocenters. The molecule has 0 aliphatic carbocycles. The molecule has 0 fully saturated rings. The van der Waals surface area contributed by atoms with Crippen LogP contribution in [0.15, 0.2) is 27.7 Å². The molecule has 3 aromatic rings. The SMILES string of the molecule is O=c1[nH]c(/C=C/c2cccs2)nc2c([N+](=O)[O-])csc12. The van der Waals surface area contributed by atoms with Gasteiger partial charge in [0, 0.05) is 4.88 Å². The Hall–Kier alpha value is -2.32. The summed E-state index contributed by atoms with van der Waals surface area (Å²) in [6, 6.07) is 3.83. The average molecular weight is 305 g/mol. The molecule has 0 aliphatic rings. The predicted octanol–water partition coefficient (Wildman–Crippen LogP) is 3.12. The lowest BCUT2D eigenvalue weighted by Crippen LogP contribution is -2.08. The highest BCUT2D eigenvalue weighted by Gasteiger charge is 2.18. The van der Waals surface area contributed by atoms with Crippen molar-refractivity contribution in [3.05, 3.63) is 54.1 Å². The molecule has 0 amide bonds. The zero-order chi connectivity index (χ0) is 14.1. The van der Waals surface area contributed by atoms with Crippen molar-refractivity contribution in [2.45, 2.75) is 0 Å². The normalized spacial score (nSPS) is 11.4. The number of H-pyrrole nitrogens is 1. The van der Waals surface area contributed by atoms with E-state index >= 15 is 0 Å². The van der Waals surface area contributed by atoms with E-state index < -0.39 is 4.92 Å². The molecule has 0 aliphatic heterocycles. The van der Waals surface area contributed by atoms with Gasteiger partial charge in [-0.05, 0) is 23.6 Å². The molecule has 0 spiro atoms. The number of nitrogens with one attached hydrogen (secondary N) is 1. The van der Waals surface area contributed by atoms with E-state index in [4.69, 9.17) is 0 Å². The summed E-state index contributed by atoms with van der Waals surface area (Å²) in [6.07, 6.45) is 3.43. The highest BCUT2D eigenvalue weighted by molar-refractivity contribution is 7.17. The Labute approximate surface area is 120 Å². The molecule has 6 nitrogen and oxygen atoms in total. The van der Waals surface area contributed by atoms with Crippen molar-refractivity contribution >= 4 is 50.7 Å². The van der Waals surface area contributed by atoms with Gasteiger partial charge in [-0.15, -0.1) is 22.7 Å². The van der Waals surface area contributed by atoms with E-state index in [0.717, 1.165) is 16.2 Å². The number of aromatic amines is 1. The van der Waals surface area contributed by atoms with Crippen LogP contribution >= 0.6 is 22.7 Å². The fraction of sp³-hybridized carbons (Fsp3) is 0. The first-order valence-electron chi connectivity index (χ1n) is 5.52. The minimum absolute atomic E-state index is 0.134. The van der Waals surface area contributed by atoms with Crippen molar-refractivity contribution in [1.82, 2.24) is 9.97 Å². The molecule has 0 bridgehead atoms. The second-order valence-corrected chi connectivity index (χ2v) is 5.71. The van der Waals surface area contributed by atoms with Crippen LogP contribution in [0.3, 0.4) is 0 Å². The largest absolute Gasteiger partial charge is 0.306 e. The van der Waals surface area contributed by atoms with Gasteiger partial charge in [-0.1, -0.05) is 6.07 Å². The maximum absolute atomic E-state index is 11.9. The minimum atomic E-state index is -0.530. The lowest BCUT2D eigenvalue weighted by Gasteiger charge is -1.94. The van der Waals surface area contributed by atoms with Crippen molar-refractivity contribution in [3.63, 3.8) is 0 Å². The van der Waals surface area contributed by atoms with E-state index in [2.05, 4.69) is 9.97 Å². The Bertz CT molecular complexity index is 862. The third-order valence-electron chi connectivity index (χ3n) is 2.57. The summed E-state index contributed by atoms with van der Waals surface area (Å²) < 4.78 is 0.268. The van der Waals surface area contributed by atoms with Gasteiger partial charge in [0.2, 0.25) is 0 Å². The number of thiophene rings is 2. The lowest BCUT2D eigenvalue weighted by molar-refractivity contribution is -0.382. The maximum Gasteiger partial charge on any atom is 0.306 e. The monoisotopic (exact) mass is 305 g/mol. The molecule has 8 heteroatoms. The van der Waals surface area contributed by atoms with E-state index in [1.54, 1.807) is 23.5 Å². The molecule has 0 unspecified atom stereocenters. The lowest BCUT2D eigenvalue weighted by atomic mass is 10.3. The molecular formula is C12H7N3O3S2. The Morgan fingerprint density at radius 3 is 2.90 bits per heavy atom. The first-order chi connectivity index (χ1) is 9.65. The zero-order valence-corrected chi connectivity index (χ0v) is 11.5. The van der Waals surface area contributed by atoms with Crippen LogP contribution in [-0.4, -0.2) is 14.9 Å². The third-order valence-corrected chi connectivity index (χ3v) is 4.36. The quantitative estimate of drug-likeness (QED) is 0.594. The van der Waals surface area contributed by atoms with Crippen LogP contribution < -0.4 is 5.56 Å². The Kier molecular flexibility index (Phi) is 3.17. The highest BCUT2D eigenvalue weighted by Crippen LogP contribution is 2.27. The number of hydrogen-bond acceptors (Lipinski definition) is 6. The Morgan fingerprint density at radius 1 is 1.35 bits per heavy atom. The molecule has 0 saturated heterocycles. The maximum atomic E-state index is 11.9. The summed E-state index contributed by atoms with van der Waals surface area (Å²) in [7, 11) is 0. The van der Waals surface area contributed by atoms with Crippen LogP contribution in [-0.2, 0) is 0 Å². The fourth-order valence-corrected chi connectivity index (χ4v) is 3.15. The summed E-state index contributed by atoms with van der Waals surface area (Å²) in [5, 5.41) is 14.2. The molecular weight excluding hydrogens is 298 g/mol. The molecule has 0 saturated carbocycles. The van der Waals surface area contributed by atoms with Gasteiger partial charge in [0.15, 0.2) is 5.52 Å². The van der Waals surface area contributed by atoms with Crippen LogP contribution in [0.4, 0.5) is 5.69 Å². The van der Waals surface area contributed by atoms with Gasteiger partial charge < -0.3 is 4.98 Å². The molecule has 1 N–H and O–H groups in total. The van der Waals surface area contributed by atoms with Crippen LogP contribution in [0.25, 0.3) is 22.4 Å². The number of nitro groups is 1. The van der Waals surface area contributed by atoms with Gasteiger partial charge in [-0.2, -0.15) is 0 Å². The van der Waals surface area contributed by atoms with Crippen molar-refractivity contribution < 1.29 is 4.92 Å². The van der Waals surface area contributed by atoms with Gasteiger partial charge in [0.1, 0.15) is 10.5 Å². The molecule has 3 rings (SSSR count). The molecule has 0 aromatic carbocycles. The Morgan fingerprint density at radius 2 is 2.20 bits per heavy atom.